The maximum absolute atomic E-state index is 12.1. The van der Waals surface area contributed by atoms with Gasteiger partial charge in [-0.05, 0) is 36.2 Å². The molecule has 0 saturated heterocycles. The maximum Gasteiger partial charge on any atom is 0.308 e. The maximum atomic E-state index is 12.1. The summed E-state index contributed by atoms with van der Waals surface area (Å²) in [5, 5.41) is 13.8. The van der Waals surface area contributed by atoms with Crippen LogP contribution in [0.2, 0.25) is 5.02 Å². The zero-order valence-electron chi connectivity index (χ0n) is 13.7. The fraction of sp³-hybridized carbons (Fsp3) is 0.316. The number of anilines is 1. The summed E-state index contributed by atoms with van der Waals surface area (Å²) in [6, 6.07) is 13.9. The third kappa shape index (κ3) is 5.46. The standard InChI is InChI=1S/C19H22ClNO3/c1-2-3-12-24-19(23)13-17(14-8-10-15(20)11-9-14)21-16-6-4-5-7-18(16)22/h4-11,17,21-22H,2-3,12-13H2,1H3/t17-/m1/s1. The summed E-state index contributed by atoms with van der Waals surface area (Å²) >= 11 is 5.94. The highest BCUT2D eigenvalue weighted by Crippen LogP contribution is 2.29. The lowest BCUT2D eigenvalue weighted by molar-refractivity contribution is -0.144. The van der Waals surface area contributed by atoms with Crippen LogP contribution in [0.3, 0.4) is 0 Å². The first-order valence-corrected chi connectivity index (χ1v) is 8.43. The van der Waals surface area contributed by atoms with Crippen molar-refractivity contribution in [3.8, 4) is 5.75 Å². The zero-order valence-corrected chi connectivity index (χ0v) is 14.4. The van der Waals surface area contributed by atoms with Crippen molar-refractivity contribution in [1.82, 2.24) is 0 Å². The predicted molar refractivity (Wildman–Crippen MR) is 96.4 cm³/mol. The number of carbonyl (C=O) groups is 1. The molecule has 0 radical (unpaired) electrons. The summed E-state index contributed by atoms with van der Waals surface area (Å²) in [5.74, 6) is -0.137. The van der Waals surface area contributed by atoms with E-state index < -0.39 is 0 Å². The number of phenols is 1. The summed E-state index contributed by atoms with van der Waals surface area (Å²) in [6.45, 7) is 2.48. The van der Waals surface area contributed by atoms with Crippen molar-refractivity contribution < 1.29 is 14.6 Å². The highest BCUT2D eigenvalue weighted by molar-refractivity contribution is 6.30. The molecule has 2 aromatic rings. The molecule has 2 rings (SSSR count). The van der Waals surface area contributed by atoms with Crippen molar-refractivity contribution >= 4 is 23.3 Å². The normalized spacial score (nSPS) is 11.8. The van der Waals surface area contributed by atoms with Crippen molar-refractivity contribution in [2.45, 2.75) is 32.2 Å². The third-order valence-electron chi connectivity index (χ3n) is 3.64. The smallest absolute Gasteiger partial charge is 0.308 e. The number of carbonyl (C=O) groups excluding carboxylic acids is 1. The van der Waals surface area contributed by atoms with Gasteiger partial charge in [-0.15, -0.1) is 0 Å². The topological polar surface area (TPSA) is 58.6 Å². The Morgan fingerprint density at radius 1 is 1.21 bits per heavy atom. The number of hydrogen-bond acceptors (Lipinski definition) is 4. The fourth-order valence-electron chi connectivity index (χ4n) is 2.29. The largest absolute Gasteiger partial charge is 0.506 e. The number of rotatable bonds is 8. The number of benzene rings is 2. The average molecular weight is 348 g/mol. The molecule has 128 valence electrons. The van der Waals surface area contributed by atoms with Crippen LogP contribution in [0.4, 0.5) is 5.69 Å². The molecular formula is C19H22ClNO3. The number of hydrogen-bond donors (Lipinski definition) is 2. The van der Waals surface area contributed by atoms with Crippen LogP contribution in [0, 0.1) is 0 Å². The molecule has 0 amide bonds. The monoisotopic (exact) mass is 347 g/mol. The molecule has 0 unspecified atom stereocenters. The summed E-state index contributed by atoms with van der Waals surface area (Å²) in [5.41, 5.74) is 1.47. The van der Waals surface area contributed by atoms with Gasteiger partial charge in [0.25, 0.3) is 0 Å². The van der Waals surface area contributed by atoms with E-state index in [9.17, 15) is 9.90 Å². The molecule has 4 nitrogen and oxygen atoms in total. The minimum absolute atomic E-state index is 0.135. The van der Waals surface area contributed by atoms with Crippen LogP contribution in [-0.4, -0.2) is 17.7 Å². The van der Waals surface area contributed by atoms with E-state index in [4.69, 9.17) is 16.3 Å². The molecule has 0 spiro atoms. The van der Waals surface area contributed by atoms with Gasteiger partial charge in [0.05, 0.1) is 24.8 Å². The molecule has 0 bridgehead atoms. The Balaban J connectivity index is 2.13. The van der Waals surface area contributed by atoms with Gasteiger partial charge in [-0.3, -0.25) is 4.79 Å². The number of halogens is 1. The van der Waals surface area contributed by atoms with Crippen molar-refractivity contribution in [2.24, 2.45) is 0 Å². The van der Waals surface area contributed by atoms with E-state index in [1.165, 1.54) is 0 Å². The number of ether oxygens (including phenoxy) is 1. The number of esters is 1. The van der Waals surface area contributed by atoms with Crippen molar-refractivity contribution in [3.63, 3.8) is 0 Å². The Hall–Kier alpha value is -2.20. The molecule has 0 aliphatic carbocycles. The summed E-state index contributed by atoms with van der Waals surface area (Å²) < 4.78 is 5.26. The van der Waals surface area contributed by atoms with Gasteiger partial charge in [0, 0.05) is 5.02 Å². The van der Waals surface area contributed by atoms with E-state index in [0.29, 0.717) is 17.3 Å². The molecule has 2 N–H and O–H groups in total. The van der Waals surface area contributed by atoms with Gasteiger partial charge >= 0.3 is 5.97 Å². The number of phenolic OH excluding ortho intramolecular Hbond substituents is 1. The average Bonchev–Trinajstić information content (AvgIpc) is 2.57. The van der Waals surface area contributed by atoms with Crippen LogP contribution in [0.15, 0.2) is 48.5 Å². The minimum atomic E-state index is -0.315. The Kier molecular flexibility index (Phi) is 6.94. The van der Waals surface area contributed by atoms with Gasteiger partial charge < -0.3 is 15.2 Å². The summed E-state index contributed by atoms with van der Waals surface area (Å²) in [6.07, 6.45) is 1.99. The Labute approximate surface area is 147 Å². The first-order valence-electron chi connectivity index (χ1n) is 8.05. The molecule has 0 aromatic heterocycles. The van der Waals surface area contributed by atoms with E-state index in [-0.39, 0.29) is 24.2 Å². The lowest BCUT2D eigenvalue weighted by Gasteiger charge is -2.20. The summed E-state index contributed by atoms with van der Waals surface area (Å²) in [4.78, 5) is 12.1. The molecule has 2 aromatic carbocycles. The second kappa shape index (κ2) is 9.18. The van der Waals surface area contributed by atoms with Gasteiger partial charge in [0.15, 0.2) is 0 Å². The molecule has 0 heterocycles. The second-order valence-electron chi connectivity index (χ2n) is 5.54. The Bertz CT molecular complexity index is 658. The van der Waals surface area contributed by atoms with Crippen molar-refractivity contribution in [1.29, 1.82) is 0 Å². The van der Waals surface area contributed by atoms with Crippen LogP contribution < -0.4 is 5.32 Å². The second-order valence-corrected chi connectivity index (χ2v) is 5.98. The SMILES string of the molecule is CCCCOC(=O)C[C@@H](Nc1ccccc1O)c1ccc(Cl)cc1. The van der Waals surface area contributed by atoms with Gasteiger partial charge in [0.2, 0.25) is 0 Å². The quantitative estimate of drug-likeness (QED) is 0.403. The predicted octanol–water partition coefficient (Wildman–Crippen LogP) is 4.93. The highest BCUT2D eigenvalue weighted by atomic mass is 35.5. The zero-order chi connectivity index (χ0) is 17.4. The molecule has 0 aliphatic heterocycles. The molecule has 0 fully saturated rings. The Morgan fingerprint density at radius 3 is 2.58 bits per heavy atom. The molecule has 24 heavy (non-hydrogen) atoms. The molecule has 1 atom stereocenters. The number of para-hydroxylation sites is 2. The Morgan fingerprint density at radius 2 is 1.92 bits per heavy atom. The van der Waals surface area contributed by atoms with E-state index >= 15 is 0 Å². The lowest BCUT2D eigenvalue weighted by atomic mass is 10.0. The first kappa shape index (κ1) is 18.1. The van der Waals surface area contributed by atoms with Gasteiger partial charge in [0.1, 0.15) is 5.75 Å². The molecule has 0 saturated carbocycles. The lowest BCUT2D eigenvalue weighted by Crippen LogP contribution is -2.17. The molecule has 5 heteroatoms. The van der Waals surface area contributed by atoms with Crippen molar-refractivity contribution in [3.05, 3.63) is 59.1 Å². The van der Waals surface area contributed by atoms with E-state index in [0.717, 1.165) is 18.4 Å². The van der Waals surface area contributed by atoms with E-state index in [2.05, 4.69) is 5.32 Å². The van der Waals surface area contributed by atoms with E-state index in [1.807, 2.05) is 25.1 Å². The highest BCUT2D eigenvalue weighted by Gasteiger charge is 2.18. The number of aromatic hydroxyl groups is 1. The summed E-state index contributed by atoms with van der Waals surface area (Å²) in [7, 11) is 0. The minimum Gasteiger partial charge on any atom is -0.506 e. The van der Waals surface area contributed by atoms with Crippen molar-refractivity contribution in [2.75, 3.05) is 11.9 Å². The fourth-order valence-corrected chi connectivity index (χ4v) is 2.41. The van der Waals surface area contributed by atoms with Gasteiger partial charge in [-0.2, -0.15) is 0 Å². The van der Waals surface area contributed by atoms with Gasteiger partial charge in [-0.25, -0.2) is 0 Å². The van der Waals surface area contributed by atoms with Crippen LogP contribution >= 0.6 is 11.6 Å². The number of unbranched alkanes of at least 4 members (excludes halogenated alkanes) is 1. The third-order valence-corrected chi connectivity index (χ3v) is 3.89. The van der Waals surface area contributed by atoms with Crippen LogP contribution in [0.5, 0.6) is 5.75 Å². The van der Waals surface area contributed by atoms with Crippen LogP contribution in [0.25, 0.3) is 0 Å². The van der Waals surface area contributed by atoms with Gasteiger partial charge in [-0.1, -0.05) is 49.2 Å². The van der Waals surface area contributed by atoms with Crippen LogP contribution in [-0.2, 0) is 9.53 Å². The molecular weight excluding hydrogens is 326 g/mol. The van der Waals surface area contributed by atoms with E-state index in [1.54, 1.807) is 30.3 Å². The number of nitrogens with one attached hydrogen (secondary N) is 1. The molecule has 0 aliphatic rings. The van der Waals surface area contributed by atoms with Crippen LogP contribution in [0.1, 0.15) is 37.8 Å². The first-order chi connectivity index (χ1) is 11.6.